The summed E-state index contributed by atoms with van der Waals surface area (Å²) >= 11 is 0. The third kappa shape index (κ3) is 3.94. The van der Waals surface area contributed by atoms with Gasteiger partial charge in [-0.15, -0.1) is 0 Å². The predicted molar refractivity (Wildman–Crippen MR) is 70.0 cm³/mol. The van der Waals surface area contributed by atoms with Crippen molar-refractivity contribution >= 4 is 5.91 Å². The zero-order chi connectivity index (χ0) is 13.5. The Morgan fingerprint density at radius 2 is 2.21 bits per heavy atom. The third-order valence-corrected chi connectivity index (χ3v) is 3.09. The van der Waals surface area contributed by atoms with Gasteiger partial charge in [0, 0.05) is 6.54 Å². The van der Waals surface area contributed by atoms with Crippen molar-refractivity contribution in [2.75, 3.05) is 33.0 Å². The van der Waals surface area contributed by atoms with Gasteiger partial charge in [0.1, 0.15) is 5.75 Å². The van der Waals surface area contributed by atoms with E-state index in [4.69, 9.17) is 9.47 Å². The quantitative estimate of drug-likeness (QED) is 0.850. The summed E-state index contributed by atoms with van der Waals surface area (Å²) in [4.78, 5) is 13.7. The molecule has 1 atom stereocenters. The molecule has 0 radical (unpaired) electrons. The number of aliphatic hydroxyl groups is 1. The summed E-state index contributed by atoms with van der Waals surface area (Å²) in [5.41, 5.74) is 0. The molecule has 1 heterocycles. The first-order chi connectivity index (χ1) is 9.31. The Hall–Kier alpha value is -1.59. The molecule has 1 fully saturated rings. The van der Waals surface area contributed by atoms with Crippen molar-refractivity contribution in [3.8, 4) is 5.75 Å². The number of benzene rings is 1. The summed E-state index contributed by atoms with van der Waals surface area (Å²) < 4.78 is 10.7. The molecule has 0 aliphatic carbocycles. The van der Waals surface area contributed by atoms with Crippen LogP contribution in [0, 0.1) is 0 Å². The minimum Gasteiger partial charge on any atom is -0.493 e. The van der Waals surface area contributed by atoms with Crippen LogP contribution >= 0.6 is 0 Å². The van der Waals surface area contributed by atoms with Crippen LogP contribution in [0.5, 0.6) is 5.75 Å². The fourth-order valence-corrected chi connectivity index (χ4v) is 2.05. The molecule has 1 N–H and O–H groups in total. The number of hydrogen-bond acceptors (Lipinski definition) is 4. The number of morpholine rings is 1. The Labute approximate surface area is 112 Å². The molecule has 1 aromatic rings. The smallest absolute Gasteiger partial charge is 0.226 e. The Morgan fingerprint density at radius 1 is 1.42 bits per heavy atom. The third-order valence-electron chi connectivity index (χ3n) is 3.09. The summed E-state index contributed by atoms with van der Waals surface area (Å²) in [5, 5.41) is 9.21. The van der Waals surface area contributed by atoms with Crippen molar-refractivity contribution in [1.82, 2.24) is 4.90 Å². The van der Waals surface area contributed by atoms with Gasteiger partial charge in [-0.05, 0) is 12.1 Å². The van der Waals surface area contributed by atoms with Gasteiger partial charge in [-0.2, -0.15) is 0 Å². The first-order valence-electron chi connectivity index (χ1n) is 6.47. The van der Waals surface area contributed by atoms with E-state index in [-0.39, 0.29) is 18.6 Å². The molecule has 1 aliphatic heterocycles. The highest BCUT2D eigenvalue weighted by Gasteiger charge is 2.26. The number of aliphatic hydroxyl groups excluding tert-OH is 1. The number of carbonyl (C=O) groups is 1. The van der Waals surface area contributed by atoms with E-state index in [1.165, 1.54) is 0 Å². The molecular weight excluding hydrogens is 246 g/mol. The number of para-hydroxylation sites is 1. The SMILES string of the molecule is O=C(CCOc1ccccc1)N1CCOCC1CO. The lowest BCUT2D eigenvalue weighted by atomic mass is 10.2. The molecule has 0 bridgehead atoms. The first kappa shape index (κ1) is 13.8. The highest BCUT2D eigenvalue weighted by molar-refractivity contribution is 5.76. The van der Waals surface area contributed by atoms with Crippen LogP contribution in [0.2, 0.25) is 0 Å². The van der Waals surface area contributed by atoms with Crippen LogP contribution in [0.4, 0.5) is 0 Å². The molecule has 5 heteroatoms. The van der Waals surface area contributed by atoms with Gasteiger partial charge in [0.25, 0.3) is 0 Å². The largest absolute Gasteiger partial charge is 0.493 e. The Bertz CT molecular complexity index is 396. The fraction of sp³-hybridized carbons (Fsp3) is 0.500. The molecule has 0 aromatic heterocycles. The topological polar surface area (TPSA) is 59.0 Å². The molecule has 0 spiro atoms. The molecule has 5 nitrogen and oxygen atoms in total. The molecule has 1 amide bonds. The molecule has 1 saturated heterocycles. The number of ether oxygens (including phenoxy) is 2. The Kier molecular flexibility index (Phi) is 5.18. The molecule has 104 valence electrons. The highest BCUT2D eigenvalue weighted by Crippen LogP contribution is 2.11. The summed E-state index contributed by atoms with van der Waals surface area (Å²) in [5.74, 6) is 0.759. The number of amides is 1. The van der Waals surface area contributed by atoms with Crippen molar-refractivity contribution in [2.24, 2.45) is 0 Å². The van der Waals surface area contributed by atoms with Gasteiger partial charge in [-0.1, -0.05) is 18.2 Å². The van der Waals surface area contributed by atoms with E-state index >= 15 is 0 Å². The number of hydrogen-bond donors (Lipinski definition) is 1. The van der Waals surface area contributed by atoms with Gasteiger partial charge in [-0.25, -0.2) is 0 Å². The van der Waals surface area contributed by atoms with E-state index in [2.05, 4.69) is 0 Å². The lowest BCUT2D eigenvalue weighted by Gasteiger charge is -2.34. The van der Waals surface area contributed by atoms with E-state index < -0.39 is 0 Å². The lowest BCUT2D eigenvalue weighted by Crippen LogP contribution is -2.50. The van der Waals surface area contributed by atoms with E-state index in [0.717, 1.165) is 5.75 Å². The van der Waals surface area contributed by atoms with Gasteiger partial charge in [-0.3, -0.25) is 4.79 Å². The maximum atomic E-state index is 12.0. The monoisotopic (exact) mass is 265 g/mol. The summed E-state index contributed by atoms with van der Waals surface area (Å²) in [6.45, 7) is 1.75. The summed E-state index contributed by atoms with van der Waals surface area (Å²) in [7, 11) is 0. The summed E-state index contributed by atoms with van der Waals surface area (Å²) in [6.07, 6.45) is 0.311. The normalized spacial score (nSPS) is 19.2. The average molecular weight is 265 g/mol. The number of rotatable bonds is 5. The van der Waals surface area contributed by atoms with Crippen LogP contribution in [-0.2, 0) is 9.53 Å². The Balaban J connectivity index is 1.77. The maximum absolute atomic E-state index is 12.0. The first-order valence-corrected chi connectivity index (χ1v) is 6.47. The van der Waals surface area contributed by atoms with Crippen LogP contribution in [0.25, 0.3) is 0 Å². The van der Waals surface area contributed by atoms with Crippen LogP contribution < -0.4 is 4.74 Å². The van der Waals surface area contributed by atoms with Crippen LogP contribution in [0.15, 0.2) is 30.3 Å². The lowest BCUT2D eigenvalue weighted by molar-refractivity contribution is -0.142. The standard InChI is InChI=1S/C14H19NO4/c16-10-12-11-18-9-7-15(12)14(17)6-8-19-13-4-2-1-3-5-13/h1-5,12,16H,6-11H2. The van der Waals surface area contributed by atoms with Gasteiger partial charge in [0.05, 0.1) is 38.9 Å². The van der Waals surface area contributed by atoms with Crippen molar-refractivity contribution in [2.45, 2.75) is 12.5 Å². The van der Waals surface area contributed by atoms with E-state index in [0.29, 0.717) is 32.8 Å². The minimum absolute atomic E-state index is 0.00159. The van der Waals surface area contributed by atoms with Crippen LogP contribution in [0.1, 0.15) is 6.42 Å². The predicted octanol–water partition coefficient (Wildman–Crippen LogP) is 0.675. The fourth-order valence-electron chi connectivity index (χ4n) is 2.05. The second kappa shape index (κ2) is 7.11. The maximum Gasteiger partial charge on any atom is 0.226 e. The minimum atomic E-state index is -0.224. The van der Waals surface area contributed by atoms with Crippen molar-refractivity contribution in [1.29, 1.82) is 0 Å². The van der Waals surface area contributed by atoms with Gasteiger partial charge in [0.2, 0.25) is 5.91 Å². The second-order valence-corrected chi connectivity index (χ2v) is 4.41. The average Bonchev–Trinajstić information content (AvgIpc) is 2.48. The molecule has 0 saturated carbocycles. The van der Waals surface area contributed by atoms with Crippen molar-refractivity contribution < 1.29 is 19.4 Å². The van der Waals surface area contributed by atoms with Crippen LogP contribution in [-0.4, -0.2) is 54.9 Å². The van der Waals surface area contributed by atoms with Crippen molar-refractivity contribution in [3.63, 3.8) is 0 Å². The number of nitrogens with zero attached hydrogens (tertiary/aromatic N) is 1. The molecule has 19 heavy (non-hydrogen) atoms. The van der Waals surface area contributed by atoms with E-state index in [1.807, 2.05) is 30.3 Å². The van der Waals surface area contributed by atoms with E-state index in [1.54, 1.807) is 4.90 Å². The highest BCUT2D eigenvalue weighted by atomic mass is 16.5. The van der Waals surface area contributed by atoms with Gasteiger partial charge < -0.3 is 19.5 Å². The zero-order valence-corrected chi connectivity index (χ0v) is 10.8. The Morgan fingerprint density at radius 3 is 2.95 bits per heavy atom. The zero-order valence-electron chi connectivity index (χ0n) is 10.8. The molecule has 1 aromatic carbocycles. The van der Waals surface area contributed by atoms with Gasteiger partial charge in [0.15, 0.2) is 0 Å². The van der Waals surface area contributed by atoms with Gasteiger partial charge >= 0.3 is 0 Å². The molecule has 1 aliphatic rings. The molecule has 1 unspecified atom stereocenters. The molecule has 2 rings (SSSR count). The van der Waals surface area contributed by atoms with Crippen LogP contribution in [0.3, 0.4) is 0 Å². The second-order valence-electron chi connectivity index (χ2n) is 4.41. The number of carbonyl (C=O) groups excluding carboxylic acids is 1. The van der Waals surface area contributed by atoms with E-state index in [9.17, 15) is 9.90 Å². The van der Waals surface area contributed by atoms with Crippen molar-refractivity contribution in [3.05, 3.63) is 30.3 Å². The molecular formula is C14H19NO4. The summed E-state index contributed by atoms with van der Waals surface area (Å²) in [6, 6.07) is 9.18.